The molecule has 1 atom stereocenters. The van der Waals surface area contributed by atoms with Crippen molar-refractivity contribution in [1.82, 2.24) is 20.6 Å². The minimum atomic E-state index is 0.771. The average molecular weight is 220 g/mol. The lowest BCUT2D eigenvalue weighted by Crippen LogP contribution is -2.35. The number of aryl methyl sites for hydroxylation is 1. The zero-order valence-corrected chi connectivity index (χ0v) is 9.87. The standard InChI is InChI=1S/C12H20N4/c1-10-5-16-12(9-15-10)8-14-7-11-3-2-4-13-6-11/h5,9,11,13-14H,2-4,6-8H2,1H3. The highest BCUT2D eigenvalue weighted by Gasteiger charge is 2.11. The molecule has 0 amide bonds. The summed E-state index contributed by atoms with van der Waals surface area (Å²) in [6, 6.07) is 0. The lowest BCUT2D eigenvalue weighted by Gasteiger charge is -2.22. The van der Waals surface area contributed by atoms with E-state index in [1.165, 1.54) is 19.4 Å². The number of hydrogen-bond donors (Lipinski definition) is 2. The minimum absolute atomic E-state index is 0.771. The largest absolute Gasteiger partial charge is 0.316 e. The van der Waals surface area contributed by atoms with Crippen molar-refractivity contribution in [2.45, 2.75) is 26.3 Å². The van der Waals surface area contributed by atoms with Gasteiger partial charge in [-0.3, -0.25) is 9.97 Å². The fourth-order valence-corrected chi connectivity index (χ4v) is 2.01. The molecule has 0 aliphatic carbocycles. The highest BCUT2D eigenvalue weighted by Crippen LogP contribution is 2.08. The van der Waals surface area contributed by atoms with E-state index in [1.807, 2.05) is 19.3 Å². The van der Waals surface area contributed by atoms with E-state index in [2.05, 4.69) is 20.6 Å². The number of piperidine rings is 1. The van der Waals surface area contributed by atoms with Gasteiger partial charge in [-0.2, -0.15) is 0 Å². The van der Waals surface area contributed by atoms with Gasteiger partial charge in [0.05, 0.1) is 11.4 Å². The number of rotatable bonds is 4. The van der Waals surface area contributed by atoms with E-state index < -0.39 is 0 Å². The normalized spacial score (nSPS) is 20.9. The summed E-state index contributed by atoms with van der Waals surface area (Å²) in [6.07, 6.45) is 6.30. The molecule has 1 unspecified atom stereocenters. The van der Waals surface area contributed by atoms with E-state index in [0.717, 1.165) is 36.9 Å². The van der Waals surface area contributed by atoms with Gasteiger partial charge in [0, 0.05) is 18.9 Å². The van der Waals surface area contributed by atoms with Gasteiger partial charge in [-0.15, -0.1) is 0 Å². The second-order valence-corrected chi connectivity index (χ2v) is 4.49. The summed E-state index contributed by atoms with van der Waals surface area (Å²) in [5, 5.41) is 6.87. The molecule has 1 saturated heterocycles. The van der Waals surface area contributed by atoms with Crippen LogP contribution in [0.15, 0.2) is 12.4 Å². The molecule has 1 aliphatic rings. The minimum Gasteiger partial charge on any atom is -0.316 e. The Labute approximate surface area is 96.9 Å². The maximum absolute atomic E-state index is 4.32. The van der Waals surface area contributed by atoms with Crippen LogP contribution in [-0.2, 0) is 6.54 Å². The SMILES string of the molecule is Cc1cnc(CNCC2CCCNC2)cn1. The van der Waals surface area contributed by atoms with Crippen molar-refractivity contribution in [3.63, 3.8) is 0 Å². The Balaban J connectivity index is 1.69. The molecule has 4 heteroatoms. The van der Waals surface area contributed by atoms with Gasteiger partial charge in [-0.1, -0.05) is 0 Å². The first kappa shape index (κ1) is 11.5. The molecule has 2 N–H and O–H groups in total. The molecule has 0 radical (unpaired) electrons. The maximum atomic E-state index is 4.32. The van der Waals surface area contributed by atoms with Gasteiger partial charge in [-0.05, 0) is 45.3 Å². The third-order valence-corrected chi connectivity index (χ3v) is 2.97. The number of nitrogens with one attached hydrogen (secondary N) is 2. The Hall–Kier alpha value is -1.00. The lowest BCUT2D eigenvalue weighted by atomic mass is 10.00. The Morgan fingerprint density at radius 2 is 2.38 bits per heavy atom. The fourth-order valence-electron chi connectivity index (χ4n) is 2.01. The number of hydrogen-bond acceptors (Lipinski definition) is 4. The van der Waals surface area contributed by atoms with Crippen molar-refractivity contribution in [2.75, 3.05) is 19.6 Å². The summed E-state index contributed by atoms with van der Waals surface area (Å²) in [5.41, 5.74) is 1.99. The molecule has 4 nitrogen and oxygen atoms in total. The topological polar surface area (TPSA) is 49.8 Å². The van der Waals surface area contributed by atoms with Crippen LogP contribution in [0.2, 0.25) is 0 Å². The molecule has 0 aromatic carbocycles. The third kappa shape index (κ3) is 3.54. The van der Waals surface area contributed by atoms with Gasteiger partial charge < -0.3 is 10.6 Å². The van der Waals surface area contributed by atoms with Crippen molar-refractivity contribution in [3.8, 4) is 0 Å². The van der Waals surface area contributed by atoms with Crippen LogP contribution in [0.4, 0.5) is 0 Å². The molecular formula is C12H20N4. The van der Waals surface area contributed by atoms with Gasteiger partial charge in [0.15, 0.2) is 0 Å². The van der Waals surface area contributed by atoms with Crippen LogP contribution in [0.3, 0.4) is 0 Å². The summed E-state index contributed by atoms with van der Waals surface area (Å²) in [4.78, 5) is 8.55. The Bertz CT molecular complexity index is 303. The maximum Gasteiger partial charge on any atom is 0.0724 e. The van der Waals surface area contributed by atoms with Crippen LogP contribution in [0.25, 0.3) is 0 Å². The molecule has 1 fully saturated rings. The summed E-state index contributed by atoms with van der Waals surface area (Å²) in [5.74, 6) is 0.771. The molecule has 1 aromatic heterocycles. The van der Waals surface area contributed by atoms with E-state index in [9.17, 15) is 0 Å². The smallest absolute Gasteiger partial charge is 0.0724 e. The molecule has 0 bridgehead atoms. The van der Waals surface area contributed by atoms with Crippen LogP contribution >= 0.6 is 0 Å². The lowest BCUT2D eigenvalue weighted by molar-refractivity contribution is 0.359. The van der Waals surface area contributed by atoms with Gasteiger partial charge in [-0.25, -0.2) is 0 Å². The van der Waals surface area contributed by atoms with E-state index in [1.54, 1.807) is 0 Å². The third-order valence-electron chi connectivity index (χ3n) is 2.97. The van der Waals surface area contributed by atoms with E-state index in [4.69, 9.17) is 0 Å². The first-order chi connectivity index (χ1) is 7.84. The highest BCUT2D eigenvalue weighted by atomic mass is 14.9. The van der Waals surface area contributed by atoms with Gasteiger partial charge in [0.2, 0.25) is 0 Å². The van der Waals surface area contributed by atoms with Crippen molar-refractivity contribution >= 4 is 0 Å². The predicted octanol–water partition coefficient (Wildman–Crippen LogP) is 0.874. The van der Waals surface area contributed by atoms with Crippen LogP contribution in [0.1, 0.15) is 24.2 Å². The second kappa shape index (κ2) is 5.92. The summed E-state index contributed by atoms with van der Waals surface area (Å²) in [7, 11) is 0. The second-order valence-electron chi connectivity index (χ2n) is 4.49. The van der Waals surface area contributed by atoms with Crippen LogP contribution in [-0.4, -0.2) is 29.6 Å². The molecule has 1 aromatic rings. The summed E-state index contributed by atoms with van der Waals surface area (Å²) in [6.45, 7) is 6.18. The summed E-state index contributed by atoms with van der Waals surface area (Å²) < 4.78 is 0. The van der Waals surface area contributed by atoms with Gasteiger partial charge in [0.25, 0.3) is 0 Å². The van der Waals surface area contributed by atoms with Crippen LogP contribution < -0.4 is 10.6 Å². The van der Waals surface area contributed by atoms with Crippen molar-refractivity contribution in [1.29, 1.82) is 0 Å². The number of nitrogens with zero attached hydrogens (tertiary/aromatic N) is 2. The molecule has 1 aliphatic heterocycles. The Morgan fingerprint density at radius 1 is 1.44 bits per heavy atom. The Kier molecular flexibility index (Phi) is 4.25. The zero-order valence-electron chi connectivity index (χ0n) is 9.87. The van der Waals surface area contributed by atoms with E-state index in [0.29, 0.717) is 0 Å². The molecule has 2 rings (SSSR count). The van der Waals surface area contributed by atoms with E-state index >= 15 is 0 Å². The molecular weight excluding hydrogens is 200 g/mol. The zero-order chi connectivity index (χ0) is 11.2. The van der Waals surface area contributed by atoms with Crippen molar-refractivity contribution in [3.05, 3.63) is 23.8 Å². The summed E-state index contributed by atoms with van der Waals surface area (Å²) >= 11 is 0. The average Bonchev–Trinajstić information content (AvgIpc) is 2.33. The van der Waals surface area contributed by atoms with E-state index in [-0.39, 0.29) is 0 Å². The fraction of sp³-hybridized carbons (Fsp3) is 0.667. The van der Waals surface area contributed by atoms with Crippen LogP contribution in [0.5, 0.6) is 0 Å². The Morgan fingerprint density at radius 3 is 3.06 bits per heavy atom. The molecule has 0 spiro atoms. The molecule has 88 valence electrons. The molecule has 2 heterocycles. The van der Waals surface area contributed by atoms with Crippen molar-refractivity contribution < 1.29 is 0 Å². The quantitative estimate of drug-likeness (QED) is 0.790. The number of aromatic nitrogens is 2. The predicted molar refractivity (Wildman–Crippen MR) is 64.1 cm³/mol. The highest BCUT2D eigenvalue weighted by molar-refractivity contribution is 5.00. The van der Waals surface area contributed by atoms with Gasteiger partial charge >= 0.3 is 0 Å². The monoisotopic (exact) mass is 220 g/mol. The van der Waals surface area contributed by atoms with Crippen molar-refractivity contribution in [2.24, 2.45) is 5.92 Å². The first-order valence-electron chi connectivity index (χ1n) is 6.03. The van der Waals surface area contributed by atoms with Crippen LogP contribution in [0, 0.1) is 12.8 Å². The molecule has 0 saturated carbocycles. The first-order valence-corrected chi connectivity index (χ1v) is 6.03. The molecule has 16 heavy (non-hydrogen) atoms. The van der Waals surface area contributed by atoms with Gasteiger partial charge in [0.1, 0.15) is 0 Å².